The number of amides is 1. The molecule has 0 saturated heterocycles. The van der Waals surface area contributed by atoms with E-state index in [1.54, 1.807) is 6.92 Å². The lowest BCUT2D eigenvalue weighted by molar-refractivity contribution is -0.118. The van der Waals surface area contributed by atoms with E-state index in [1.807, 2.05) is 6.07 Å². The number of carbonyl (C=O) groups is 1. The molecule has 0 aromatic heterocycles. The van der Waals surface area contributed by atoms with E-state index >= 15 is 4.39 Å². The van der Waals surface area contributed by atoms with E-state index in [-0.39, 0.29) is 23.7 Å². The van der Waals surface area contributed by atoms with E-state index in [1.165, 1.54) is 69.8 Å². The number of rotatable bonds is 8. The fourth-order valence-corrected chi connectivity index (χ4v) is 7.21. The fraction of sp³-hybridized carbons (Fsp3) is 0.656. The number of benzene rings is 1. The Kier molecular flexibility index (Phi) is 9.25. The predicted octanol–water partition coefficient (Wildman–Crippen LogP) is 8.59. The number of hydrogen-bond donors (Lipinski definition) is 1. The van der Waals surface area contributed by atoms with Crippen LogP contribution in [0.2, 0.25) is 0 Å². The van der Waals surface area contributed by atoms with Gasteiger partial charge in [-0.25, -0.2) is 4.39 Å². The minimum absolute atomic E-state index is 0.0168. The molecule has 1 aromatic carbocycles. The molecule has 1 amide bonds. The van der Waals surface area contributed by atoms with Gasteiger partial charge in [-0.15, -0.1) is 6.58 Å². The largest absolute Gasteiger partial charge is 0.350 e. The highest BCUT2D eigenvalue weighted by molar-refractivity contribution is 5.92. The van der Waals surface area contributed by atoms with Crippen LogP contribution in [0.25, 0.3) is 0 Å². The quantitative estimate of drug-likeness (QED) is 0.293. The smallest absolute Gasteiger partial charge is 0.246 e. The Bertz CT molecular complexity index is 868. The second kappa shape index (κ2) is 12.4. The van der Waals surface area contributed by atoms with Gasteiger partial charge in [0.15, 0.2) is 0 Å². The van der Waals surface area contributed by atoms with Gasteiger partial charge in [0.2, 0.25) is 5.91 Å². The molecule has 3 aliphatic carbocycles. The van der Waals surface area contributed by atoms with Crippen molar-refractivity contribution in [1.82, 2.24) is 5.32 Å². The van der Waals surface area contributed by atoms with Gasteiger partial charge in [-0.1, -0.05) is 37.6 Å². The summed E-state index contributed by atoms with van der Waals surface area (Å²) in [7, 11) is 0. The standard InChI is InChI=1S/C32H46FNO/c1-4-5-6-23-7-9-24(10-8-23)25-11-13-26(14-12-25)28-17-20-30(31(33)21-28)27-15-18-29(19-16-27)34-32(35)22(2)3/h4,17,20-21,23-27,29H,1-2,5-16,18-19H2,3H3,(H,34,35). The zero-order valence-electron chi connectivity index (χ0n) is 21.9. The molecule has 1 N–H and O–H groups in total. The molecule has 0 heterocycles. The van der Waals surface area contributed by atoms with E-state index in [2.05, 4.69) is 36.7 Å². The summed E-state index contributed by atoms with van der Waals surface area (Å²) >= 11 is 0. The summed E-state index contributed by atoms with van der Waals surface area (Å²) in [4.78, 5) is 11.9. The molecule has 0 spiro atoms. The molecule has 4 rings (SSSR count). The van der Waals surface area contributed by atoms with Gasteiger partial charge in [-0.2, -0.15) is 0 Å². The van der Waals surface area contributed by atoms with Crippen LogP contribution >= 0.6 is 0 Å². The Labute approximate surface area is 212 Å². The van der Waals surface area contributed by atoms with Gasteiger partial charge < -0.3 is 5.32 Å². The lowest BCUT2D eigenvalue weighted by atomic mass is 9.68. The second-order valence-corrected chi connectivity index (χ2v) is 11.8. The molecule has 3 aliphatic rings. The lowest BCUT2D eigenvalue weighted by Gasteiger charge is -2.38. The van der Waals surface area contributed by atoms with E-state index in [9.17, 15) is 4.79 Å². The maximum absolute atomic E-state index is 15.2. The van der Waals surface area contributed by atoms with Crippen molar-refractivity contribution in [2.45, 2.75) is 115 Å². The molecule has 0 unspecified atom stereocenters. The average Bonchev–Trinajstić information content (AvgIpc) is 2.88. The summed E-state index contributed by atoms with van der Waals surface area (Å²) in [5, 5.41) is 3.06. The molecule has 0 atom stereocenters. The molecule has 35 heavy (non-hydrogen) atoms. The van der Waals surface area contributed by atoms with Crippen LogP contribution < -0.4 is 5.32 Å². The van der Waals surface area contributed by atoms with E-state index < -0.39 is 0 Å². The topological polar surface area (TPSA) is 29.1 Å². The first-order chi connectivity index (χ1) is 16.9. The van der Waals surface area contributed by atoms with Gasteiger partial charge in [-0.05, 0) is 131 Å². The van der Waals surface area contributed by atoms with Gasteiger partial charge in [0.25, 0.3) is 0 Å². The highest BCUT2D eigenvalue weighted by Crippen LogP contribution is 2.45. The third-order valence-electron chi connectivity index (χ3n) is 9.49. The Morgan fingerprint density at radius 1 is 0.943 bits per heavy atom. The summed E-state index contributed by atoms with van der Waals surface area (Å²) in [6, 6.07) is 6.32. The van der Waals surface area contributed by atoms with Crippen LogP contribution in [-0.2, 0) is 4.79 Å². The maximum atomic E-state index is 15.2. The van der Waals surface area contributed by atoms with E-state index in [0.29, 0.717) is 11.5 Å². The fourth-order valence-electron chi connectivity index (χ4n) is 7.21. The molecule has 3 heteroatoms. The van der Waals surface area contributed by atoms with E-state index in [4.69, 9.17) is 0 Å². The van der Waals surface area contributed by atoms with Gasteiger partial charge in [0, 0.05) is 11.6 Å². The molecule has 1 aromatic rings. The van der Waals surface area contributed by atoms with Crippen LogP contribution in [0.15, 0.2) is 43.0 Å². The monoisotopic (exact) mass is 479 g/mol. The Balaban J connectivity index is 1.24. The second-order valence-electron chi connectivity index (χ2n) is 11.8. The molecule has 0 radical (unpaired) electrons. The van der Waals surface area contributed by atoms with Gasteiger partial charge in [0.1, 0.15) is 5.82 Å². The van der Waals surface area contributed by atoms with Crippen LogP contribution in [0.1, 0.15) is 120 Å². The molecule has 2 nitrogen and oxygen atoms in total. The summed E-state index contributed by atoms with van der Waals surface area (Å²) in [6.45, 7) is 9.33. The average molecular weight is 480 g/mol. The van der Waals surface area contributed by atoms with Crippen LogP contribution in [0.4, 0.5) is 4.39 Å². The van der Waals surface area contributed by atoms with Crippen molar-refractivity contribution < 1.29 is 9.18 Å². The summed E-state index contributed by atoms with van der Waals surface area (Å²) in [6.07, 6.45) is 19.0. The molecular formula is C32H46FNO. The minimum atomic E-state index is -0.0603. The van der Waals surface area contributed by atoms with Crippen molar-refractivity contribution in [3.8, 4) is 0 Å². The third kappa shape index (κ3) is 6.86. The first-order valence-electron chi connectivity index (χ1n) is 14.3. The molecule has 0 aliphatic heterocycles. The molecule has 0 bridgehead atoms. The van der Waals surface area contributed by atoms with Crippen molar-refractivity contribution in [3.05, 3.63) is 60.0 Å². The van der Waals surface area contributed by atoms with Crippen LogP contribution in [-0.4, -0.2) is 11.9 Å². The van der Waals surface area contributed by atoms with Gasteiger partial charge in [0.05, 0.1) is 0 Å². The van der Waals surface area contributed by atoms with Gasteiger partial charge in [-0.3, -0.25) is 4.79 Å². The minimum Gasteiger partial charge on any atom is -0.350 e. The summed E-state index contributed by atoms with van der Waals surface area (Å²) in [5.41, 5.74) is 2.63. The van der Waals surface area contributed by atoms with Crippen LogP contribution in [0.5, 0.6) is 0 Å². The van der Waals surface area contributed by atoms with E-state index in [0.717, 1.165) is 49.0 Å². The van der Waals surface area contributed by atoms with Crippen molar-refractivity contribution in [2.24, 2.45) is 17.8 Å². The lowest BCUT2D eigenvalue weighted by Crippen LogP contribution is -2.37. The normalized spacial score (nSPS) is 31.5. The Morgan fingerprint density at radius 2 is 1.54 bits per heavy atom. The SMILES string of the molecule is C=CCCC1CCC(C2CCC(c3ccc(C4CCC(NC(=O)C(=C)C)CC4)c(F)c3)CC2)CC1. The first-order valence-corrected chi connectivity index (χ1v) is 14.3. The number of carbonyl (C=O) groups excluding carboxylic acids is 1. The molecular weight excluding hydrogens is 433 g/mol. The van der Waals surface area contributed by atoms with Crippen molar-refractivity contribution in [3.63, 3.8) is 0 Å². The van der Waals surface area contributed by atoms with Crippen LogP contribution in [0, 0.1) is 23.6 Å². The molecule has 3 fully saturated rings. The van der Waals surface area contributed by atoms with Crippen LogP contribution in [0.3, 0.4) is 0 Å². The number of hydrogen-bond acceptors (Lipinski definition) is 1. The predicted molar refractivity (Wildman–Crippen MR) is 144 cm³/mol. The molecule has 192 valence electrons. The summed E-state index contributed by atoms with van der Waals surface area (Å²) in [5.74, 6) is 3.44. The Morgan fingerprint density at radius 3 is 2.11 bits per heavy atom. The zero-order valence-corrected chi connectivity index (χ0v) is 21.9. The maximum Gasteiger partial charge on any atom is 0.246 e. The van der Waals surface area contributed by atoms with Crippen molar-refractivity contribution in [1.29, 1.82) is 0 Å². The first kappa shape index (κ1) is 26.2. The number of halogens is 1. The zero-order chi connectivity index (χ0) is 24.8. The third-order valence-corrected chi connectivity index (χ3v) is 9.49. The van der Waals surface area contributed by atoms with Crippen molar-refractivity contribution >= 4 is 5.91 Å². The highest BCUT2D eigenvalue weighted by Gasteiger charge is 2.32. The highest BCUT2D eigenvalue weighted by atomic mass is 19.1. The number of allylic oxidation sites excluding steroid dienone is 1. The Hall–Kier alpha value is -1.90. The number of nitrogens with one attached hydrogen (secondary N) is 1. The molecule has 3 saturated carbocycles. The van der Waals surface area contributed by atoms with Crippen molar-refractivity contribution in [2.75, 3.05) is 0 Å². The summed E-state index contributed by atoms with van der Waals surface area (Å²) < 4.78 is 15.2. The van der Waals surface area contributed by atoms with Gasteiger partial charge >= 0.3 is 0 Å².